The predicted octanol–water partition coefficient (Wildman–Crippen LogP) is 3.00. The van der Waals surface area contributed by atoms with E-state index in [1.165, 1.54) is 19.4 Å². The number of esters is 1. The minimum absolute atomic E-state index is 0.0275. The Morgan fingerprint density at radius 2 is 2.14 bits per heavy atom. The number of para-hydroxylation sites is 1. The summed E-state index contributed by atoms with van der Waals surface area (Å²) in [4.78, 5) is 18.2. The molecule has 0 atom stereocenters. The van der Waals surface area contributed by atoms with Gasteiger partial charge in [0.2, 0.25) is 11.6 Å². The maximum Gasteiger partial charge on any atom is 0.374 e. The molecule has 0 aliphatic carbocycles. The van der Waals surface area contributed by atoms with Crippen LogP contribution >= 0.6 is 0 Å². The molecule has 0 unspecified atom stereocenters. The first-order chi connectivity index (χ1) is 10.2. The Bertz CT molecular complexity index is 829. The smallest absolute Gasteiger partial charge is 0.374 e. The molecule has 3 aromatic rings. The molecule has 6 heteroatoms. The van der Waals surface area contributed by atoms with Crippen LogP contribution in [-0.2, 0) is 4.74 Å². The van der Waals surface area contributed by atoms with Crippen LogP contribution < -0.4 is 0 Å². The molecule has 0 saturated carbocycles. The molecule has 0 fully saturated rings. The van der Waals surface area contributed by atoms with E-state index >= 15 is 0 Å². The second-order valence-corrected chi connectivity index (χ2v) is 4.32. The van der Waals surface area contributed by atoms with Crippen molar-refractivity contribution in [3.63, 3.8) is 0 Å². The fourth-order valence-electron chi connectivity index (χ4n) is 2.02. The molecule has 0 aliphatic rings. The molecule has 2 heterocycles. The number of nitrogens with one attached hydrogen (secondary N) is 1. The Labute approximate surface area is 119 Å². The first-order valence-corrected chi connectivity index (χ1v) is 6.21. The summed E-state index contributed by atoms with van der Waals surface area (Å²) in [6.07, 6.45) is 1.48. The molecule has 3 rings (SSSR count). The van der Waals surface area contributed by atoms with Gasteiger partial charge in [-0.2, -0.15) is 0 Å². The summed E-state index contributed by atoms with van der Waals surface area (Å²) >= 11 is 0. The van der Waals surface area contributed by atoms with Gasteiger partial charge in [0.1, 0.15) is 0 Å². The monoisotopic (exact) mass is 284 g/mol. The van der Waals surface area contributed by atoms with Crippen LogP contribution in [0.1, 0.15) is 16.1 Å². The van der Waals surface area contributed by atoms with Gasteiger partial charge in [-0.15, -0.1) is 0 Å². The standard InChI is InChI=1S/C15H12N2O4/c1-20-15(19)12-6-7-13(21-12)16-8-10-9-4-2-3-5-11(9)17-14(10)18/h2-8,17-18H,1H3. The van der Waals surface area contributed by atoms with Crippen molar-refractivity contribution in [1.82, 2.24) is 4.98 Å². The lowest BCUT2D eigenvalue weighted by Crippen LogP contribution is -1.97. The highest BCUT2D eigenvalue weighted by molar-refractivity contribution is 6.02. The number of nitrogens with zero attached hydrogens (tertiary/aromatic N) is 1. The van der Waals surface area contributed by atoms with Gasteiger partial charge in [0, 0.05) is 23.2 Å². The highest BCUT2D eigenvalue weighted by atomic mass is 16.5. The van der Waals surface area contributed by atoms with E-state index in [9.17, 15) is 9.90 Å². The molecule has 21 heavy (non-hydrogen) atoms. The number of aromatic amines is 1. The Hall–Kier alpha value is -3.02. The largest absolute Gasteiger partial charge is 0.494 e. The second kappa shape index (κ2) is 5.16. The minimum atomic E-state index is -0.564. The fraction of sp³-hybridized carbons (Fsp3) is 0.0667. The number of ether oxygens (including phenoxy) is 1. The number of aromatic nitrogens is 1. The third-order valence-electron chi connectivity index (χ3n) is 3.02. The van der Waals surface area contributed by atoms with E-state index in [0.29, 0.717) is 5.56 Å². The maximum absolute atomic E-state index is 11.3. The Morgan fingerprint density at radius 1 is 1.33 bits per heavy atom. The molecule has 2 aromatic heterocycles. The van der Waals surface area contributed by atoms with Crippen molar-refractivity contribution in [3.05, 3.63) is 47.7 Å². The summed E-state index contributed by atoms with van der Waals surface area (Å²) in [5.74, 6) is -0.209. The summed E-state index contributed by atoms with van der Waals surface area (Å²) in [5, 5.41) is 10.7. The van der Waals surface area contributed by atoms with E-state index in [-0.39, 0.29) is 17.5 Å². The number of H-pyrrole nitrogens is 1. The lowest BCUT2D eigenvalue weighted by atomic mass is 10.2. The van der Waals surface area contributed by atoms with Crippen molar-refractivity contribution in [2.24, 2.45) is 4.99 Å². The summed E-state index contributed by atoms with van der Waals surface area (Å²) in [5.41, 5.74) is 1.37. The van der Waals surface area contributed by atoms with Gasteiger partial charge < -0.3 is 19.2 Å². The van der Waals surface area contributed by atoms with Crippen molar-refractivity contribution in [3.8, 4) is 5.88 Å². The van der Waals surface area contributed by atoms with Gasteiger partial charge in [0.05, 0.1) is 12.7 Å². The first-order valence-electron chi connectivity index (χ1n) is 6.21. The molecule has 0 spiro atoms. The van der Waals surface area contributed by atoms with Crippen LogP contribution in [0.5, 0.6) is 5.88 Å². The van der Waals surface area contributed by atoms with Gasteiger partial charge >= 0.3 is 5.97 Å². The highest BCUT2D eigenvalue weighted by Crippen LogP contribution is 2.26. The fourth-order valence-corrected chi connectivity index (χ4v) is 2.02. The van der Waals surface area contributed by atoms with Gasteiger partial charge in [-0.3, -0.25) is 0 Å². The van der Waals surface area contributed by atoms with E-state index in [1.54, 1.807) is 6.07 Å². The molecule has 6 nitrogen and oxygen atoms in total. The number of methoxy groups -OCH3 is 1. The number of benzene rings is 1. The molecule has 0 aliphatic heterocycles. The third-order valence-corrected chi connectivity index (χ3v) is 3.02. The molecular formula is C15H12N2O4. The molecule has 2 N–H and O–H groups in total. The molecule has 0 bridgehead atoms. The van der Waals surface area contributed by atoms with Crippen LogP contribution in [0.3, 0.4) is 0 Å². The molecule has 106 valence electrons. The van der Waals surface area contributed by atoms with Crippen LogP contribution in [0.4, 0.5) is 5.88 Å². The minimum Gasteiger partial charge on any atom is -0.494 e. The van der Waals surface area contributed by atoms with E-state index in [2.05, 4.69) is 14.7 Å². The SMILES string of the molecule is COC(=O)c1ccc(N=Cc2c(O)[nH]c3ccccc23)o1. The van der Waals surface area contributed by atoms with Crippen molar-refractivity contribution >= 4 is 29.0 Å². The number of fused-ring (bicyclic) bond motifs is 1. The lowest BCUT2D eigenvalue weighted by molar-refractivity contribution is 0.0566. The first kappa shape index (κ1) is 13.0. The Kier molecular flexibility index (Phi) is 3.19. The van der Waals surface area contributed by atoms with E-state index in [1.807, 2.05) is 24.3 Å². The topological polar surface area (TPSA) is 87.8 Å². The van der Waals surface area contributed by atoms with Gasteiger partial charge in [0.15, 0.2) is 5.88 Å². The van der Waals surface area contributed by atoms with Crippen LogP contribution in [0.25, 0.3) is 10.9 Å². The normalized spacial score (nSPS) is 11.3. The summed E-state index contributed by atoms with van der Waals surface area (Å²) < 4.78 is 9.77. The Balaban J connectivity index is 1.93. The van der Waals surface area contributed by atoms with Crippen molar-refractivity contribution in [2.45, 2.75) is 0 Å². The van der Waals surface area contributed by atoms with Crippen molar-refractivity contribution in [2.75, 3.05) is 7.11 Å². The molecule has 0 saturated heterocycles. The predicted molar refractivity (Wildman–Crippen MR) is 77.3 cm³/mol. The third kappa shape index (κ3) is 2.38. The van der Waals surface area contributed by atoms with Crippen molar-refractivity contribution in [1.29, 1.82) is 0 Å². The van der Waals surface area contributed by atoms with Gasteiger partial charge in [-0.25, -0.2) is 9.79 Å². The summed E-state index contributed by atoms with van der Waals surface area (Å²) in [7, 11) is 1.28. The summed E-state index contributed by atoms with van der Waals surface area (Å²) in [6, 6.07) is 10.5. The van der Waals surface area contributed by atoms with E-state index in [0.717, 1.165) is 10.9 Å². The zero-order valence-corrected chi connectivity index (χ0v) is 11.2. The van der Waals surface area contributed by atoms with Crippen LogP contribution in [0, 0.1) is 0 Å². The number of furan rings is 1. The zero-order chi connectivity index (χ0) is 14.8. The number of carbonyl (C=O) groups is 1. The highest BCUT2D eigenvalue weighted by Gasteiger charge is 2.11. The van der Waals surface area contributed by atoms with Crippen LogP contribution in [0.2, 0.25) is 0 Å². The quantitative estimate of drug-likeness (QED) is 0.571. The van der Waals surface area contributed by atoms with E-state index < -0.39 is 5.97 Å². The van der Waals surface area contributed by atoms with Crippen molar-refractivity contribution < 1.29 is 19.1 Å². The average molecular weight is 284 g/mol. The summed E-state index contributed by atoms with van der Waals surface area (Å²) in [6.45, 7) is 0. The van der Waals surface area contributed by atoms with Crippen LogP contribution in [-0.4, -0.2) is 29.4 Å². The second-order valence-electron chi connectivity index (χ2n) is 4.32. The zero-order valence-electron chi connectivity index (χ0n) is 11.2. The molecule has 0 radical (unpaired) electrons. The Morgan fingerprint density at radius 3 is 2.95 bits per heavy atom. The molecular weight excluding hydrogens is 272 g/mol. The number of aromatic hydroxyl groups is 1. The number of rotatable bonds is 3. The number of carbonyl (C=O) groups excluding carboxylic acids is 1. The number of hydrogen-bond acceptors (Lipinski definition) is 5. The average Bonchev–Trinajstić information content (AvgIpc) is 3.08. The number of aliphatic imine (C=N–C) groups is 1. The van der Waals surface area contributed by atoms with E-state index in [4.69, 9.17) is 4.42 Å². The maximum atomic E-state index is 11.3. The molecule has 1 aromatic carbocycles. The van der Waals surface area contributed by atoms with Gasteiger partial charge in [-0.05, 0) is 12.1 Å². The molecule has 0 amide bonds. The van der Waals surface area contributed by atoms with Gasteiger partial charge in [0.25, 0.3) is 0 Å². The van der Waals surface area contributed by atoms with Gasteiger partial charge in [-0.1, -0.05) is 18.2 Å². The van der Waals surface area contributed by atoms with Crippen LogP contribution in [0.15, 0.2) is 45.8 Å². The lowest BCUT2D eigenvalue weighted by Gasteiger charge is -1.92. The number of hydrogen-bond donors (Lipinski definition) is 2.